The highest BCUT2D eigenvalue weighted by Gasteiger charge is 2.42. The molecule has 2 aliphatic heterocycles. The molecule has 6 heteroatoms. The second-order valence-corrected chi connectivity index (χ2v) is 8.00. The van der Waals surface area contributed by atoms with Crippen molar-refractivity contribution in [3.63, 3.8) is 0 Å². The lowest BCUT2D eigenvalue weighted by Crippen LogP contribution is -2.39. The van der Waals surface area contributed by atoms with Crippen molar-refractivity contribution in [2.45, 2.75) is 32.4 Å². The number of carbonyl (C=O) groups is 2. The van der Waals surface area contributed by atoms with Gasteiger partial charge in [-0.05, 0) is 36.8 Å². The summed E-state index contributed by atoms with van der Waals surface area (Å²) in [4.78, 5) is 30.9. The summed E-state index contributed by atoms with van der Waals surface area (Å²) in [5.74, 6) is -0.411. The van der Waals surface area contributed by atoms with Crippen molar-refractivity contribution in [1.29, 1.82) is 0 Å². The van der Waals surface area contributed by atoms with Crippen LogP contribution in [-0.2, 0) is 20.9 Å². The van der Waals surface area contributed by atoms with Gasteiger partial charge in [0.2, 0.25) is 0 Å². The fraction of sp³-hybridized carbons (Fsp3) is 0.364. The van der Waals surface area contributed by atoms with E-state index in [1.807, 2.05) is 59.7 Å². The Hall–Kier alpha value is -2.44. The van der Waals surface area contributed by atoms with Crippen molar-refractivity contribution in [3.8, 4) is 0 Å². The summed E-state index contributed by atoms with van der Waals surface area (Å²) in [6.45, 7) is 4.29. The zero-order valence-corrected chi connectivity index (χ0v) is 16.8. The van der Waals surface area contributed by atoms with Gasteiger partial charge in [-0.3, -0.25) is 14.5 Å². The van der Waals surface area contributed by atoms with Crippen LogP contribution in [0.3, 0.4) is 0 Å². The number of hydrogen-bond donors (Lipinski definition) is 0. The number of carbonyl (C=O) groups excluding carboxylic acids is 2. The van der Waals surface area contributed by atoms with Gasteiger partial charge in [0, 0.05) is 24.6 Å². The van der Waals surface area contributed by atoms with Crippen LogP contribution in [0.2, 0.25) is 0 Å². The fourth-order valence-electron chi connectivity index (χ4n) is 3.81. The van der Waals surface area contributed by atoms with Crippen molar-refractivity contribution in [3.05, 3.63) is 64.0 Å². The summed E-state index contributed by atoms with van der Waals surface area (Å²) in [5, 5.41) is 1.94. The molecule has 5 nitrogen and oxygen atoms in total. The van der Waals surface area contributed by atoms with E-state index < -0.39 is 0 Å². The Labute approximate surface area is 169 Å². The second-order valence-electron chi connectivity index (χ2n) is 7.06. The molecule has 2 aliphatic rings. The first-order valence-corrected chi connectivity index (χ1v) is 10.6. The summed E-state index contributed by atoms with van der Waals surface area (Å²) in [6, 6.07) is 13.9. The number of benzene rings is 1. The first-order chi connectivity index (χ1) is 13.7. The zero-order valence-electron chi connectivity index (χ0n) is 16.0. The van der Waals surface area contributed by atoms with Crippen molar-refractivity contribution < 1.29 is 14.3 Å². The molecule has 1 unspecified atom stereocenters. The topological polar surface area (TPSA) is 49.9 Å². The molecule has 0 radical (unpaired) electrons. The zero-order chi connectivity index (χ0) is 19.5. The number of amides is 2. The lowest BCUT2D eigenvalue weighted by Gasteiger charge is -2.25. The average molecular weight is 397 g/mol. The van der Waals surface area contributed by atoms with Gasteiger partial charge in [-0.2, -0.15) is 0 Å². The third kappa shape index (κ3) is 3.62. The largest absolute Gasteiger partial charge is 0.376 e. The third-order valence-electron chi connectivity index (χ3n) is 5.24. The Morgan fingerprint density at radius 1 is 1.14 bits per heavy atom. The summed E-state index contributed by atoms with van der Waals surface area (Å²) in [7, 11) is 0. The van der Waals surface area contributed by atoms with Crippen LogP contribution in [-0.4, -0.2) is 47.4 Å². The van der Waals surface area contributed by atoms with E-state index >= 15 is 0 Å². The van der Waals surface area contributed by atoms with Crippen molar-refractivity contribution >= 4 is 28.7 Å². The number of likely N-dealkylation sites (N-methyl/N-ethyl adjacent to an activating group) is 1. The van der Waals surface area contributed by atoms with Crippen LogP contribution in [0.1, 0.15) is 30.2 Å². The average Bonchev–Trinajstić information content (AvgIpc) is 3.46. The van der Waals surface area contributed by atoms with Gasteiger partial charge in [-0.1, -0.05) is 36.4 Å². The van der Waals surface area contributed by atoms with Crippen LogP contribution in [0.25, 0.3) is 5.57 Å². The summed E-state index contributed by atoms with van der Waals surface area (Å²) in [5.41, 5.74) is 2.15. The Balaban J connectivity index is 1.68. The van der Waals surface area contributed by atoms with Crippen LogP contribution in [0.5, 0.6) is 0 Å². The minimum atomic E-state index is -0.207. The van der Waals surface area contributed by atoms with Gasteiger partial charge in [-0.15, -0.1) is 11.3 Å². The lowest BCUT2D eigenvalue weighted by molar-refractivity contribution is -0.139. The normalized spacial score (nSPS) is 19.8. The highest BCUT2D eigenvalue weighted by molar-refractivity contribution is 7.11. The summed E-state index contributed by atoms with van der Waals surface area (Å²) >= 11 is 1.49. The summed E-state index contributed by atoms with van der Waals surface area (Å²) < 4.78 is 5.68. The molecule has 4 rings (SSSR count). The number of imide groups is 1. The third-order valence-corrected chi connectivity index (χ3v) is 6.12. The predicted octanol–water partition coefficient (Wildman–Crippen LogP) is 3.53. The number of hydrogen-bond acceptors (Lipinski definition) is 5. The van der Waals surface area contributed by atoms with Crippen LogP contribution < -0.4 is 0 Å². The molecule has 0 aliphatic carbocycles. The van der Waals surface area contributed by atoms with Gasteiger partial charge >= 0.3 is 0 Å². The molecule has 3 heterocycles. The standard InChI is InChI=1S/C22H24N2O3S/c1-2-23(14-16-8-4-3-5-9-16)20-19(18-11-7-13-28-18)21(25)24(22(20)26)15-17-10-6-12-27-17/h3-5,7-9,11,13,17H,2,6,10,12,14-15H2,1H3. The molecule has 28 heavy (non-hydrogen) atoms. The van der Waals surface area contributed by atoms with Crippen molar-refractivity contribution in [2.24, 2.45) is 0 Å². The van der Waals surface area contributed by atoms with Gasteiger partial charge in [0.1, 0.15) is 5.70 Å². The van der Waals surface area contributed by atoms with Crippen molar-refractivity contribution in [1.82, 2.24) is 9.80 Å². The fourth-order valence-corrected chi connectivity index (χ4v) is 4.57. The molecule has 1 aromatic heterocycles. The molecule has 2 amide bonds. The van der Waals surface area contributed by atoms with E-state index in [4.69, 9.17) is 4.74 Å². The van der Waals surface area contributed by atoms with Crippen LogP contribution >= 0.6 is 11.3 Å². The van der Waals surface area contributed by atoms with E-state index in [1.165, 1.54) is 16.2 Å². The maximum absolute atomic E-state index is 13.4. The second kappa shape index (κ2) is 8.29. The van der Waals surface area contributed by atoms with Gasteiger partial charge in [-0.25, -0.2) is 0 Å². The Morgan fingerprint density at radius 2 is 1.96 bits per heavy atom. The molecule has 1 saturated heterocycles. The van der Waals surface area contributed by atoms with Crippen LogP contribution in [0, 0.1) is 0 Å². The molecule has 1 fully saturated rings. The maximum atomic E-state index is 13.4. The van der Waals surface area contributed by atoms with Crippen molar-refractivity contribution in [2.75, 3.05) is 19.7 Å². The summed E-state index contributed by atoms with van der Waals surface area (Å²) in [6.07, 6.45) is 1.82. The van der Waals surface area contributed by atoms with E-state index in [1.54, 1.807) is 0 Å². The SMILES string of the molecule is CCN(Cc1ccccc1)C1=C(c2cccs2)C(=O)N(CC2CCCO2)C1=O. The molecule has 0 spiro atoms. The lowest BCUT2D eigenvalue weighted by atomic mass is 10.1. The first kappa shape index (κ1) is 18.9. The molecule has 0 bridgehead atoms. The Kier molecular flexibility index (Phi) is 5.59. The molecule has 2 aromatic rings. The van der Waals surface area contributed by atoms with E-state index in [-0.39, 0.29) is 17.9 Å². The van der Waals surface area contributed by atoms with Gasteiger partial charge in [0.15, 0.2) is 0 Å². The van der Waals surface area contributed by atoms with E-state index in [0.29, 0.717) is 37.5 Å². The number of nitrogens with zero attached hydrogens (tertiary/aromatic N) is 2. The van der Waals surface area contributed by atoms with E-state index in [2.05, 4.69) is 0 Å². The predicted molar refractivity (Wildman–Crippen MR) is 109 cm³/mol. The smallest absolute Gasteiger partial charge is 0.278 e. The monoisotopic (exact) mass is 396 g/mol. The molecule has 0 saturated carbocycles. The Bertz CT molecular complexity index is 870. The molecule has 0 N–H and O–H groups in total. The molecule has 1 atom stereocenters. The van der Waals surface area contributed by atoms with Crippen LogP contribution in [0.15, 0.2) is 53.5 Å². The minimum Gasteiger partial charge on any atom is -0.376 e. The Morgan fingerprint density at radius 3 is 2.61 bits per heavy atom. The first-order valence-electron chi connectivity index (χ1n) is 9.74. The number of thiophene rings is 1. The van der Waals surface area contributed by atoms with Crippen LogP contribution in [0.4, 0.5) is 0 Å². The highest BCUT2D eigenvalue weighted by atomic mass is 32.1. The number of ether oxygens (including phenoxy) is 1. The number of rotatable bonds is 7. The minimum absolute atomic E-state index is 0.0546. The van der Waals surface area contributed by atoms with Gasteiger partial charge < -0.3 is 9.64 Å². The van der Waals surface area contributed by atoms with E-state index in [0.717, 1.165) is 23.3 Å². The molecular formula is C22H24N2O3S. The highest BCUT2D eigenvalue weighted by Crippen LogP contribution is 2.35. The van der Waals surface area contributed by atoms with Gasteiger partial charge in [0.05, 0.1) is 18.2 Å². The van der Waals surface area contributed by atoms with E-state index in [9.17, 15) is 9.59 Å². The molecule has 1 aromatic carbocycles. The van der Waals surface area contributed by atoms with Gasteiger partial charge in [0.25, 0.3) is 11.8 Å². The molecule has 146 valence electrons. The molecular weight excluding hydrogens is 372 g/mol. The quantitative estimate of drug-likeness (QED) is 0.672. The maximum Gasteiger partial charge on any atom is 0.278 e.